The van der Waals surface area contributed by atoms with Crippen LogP contribution in [0.15, 0.2) is 30.3 Å². The van der Waals surface area contributed by atoms with Crippen LogP contribution in [0.1, 0.15) is 32.3 Å². The van der Waals surface area contributed by atoms with Crippen LogP contribution in [0.5, 0.6) is 0 Å². The monoisotopic (exact) mass is 324 g/mol. The molecule has 22 heavy (non-hydrogen) atoms. The van der Waals surface area contributed by atoms with Gasteiger partial charge in [0.2, 0.25) is 10.0 Å². The smallest absolute Gasteiger partial charge is 0.211 e. The lowest BCUT2D eigenvalue weighted by Crippen LogP contribution is -2.51. The number of nitrogens with zero attached hydrogens (tertiary/aromatic N) is 1. The van der Waals surface area contributed by atoms with Crippen molar-refractivity contribution in [2.24, 2.45) is 5.92 Å². The lowest BCUT2D eigenvalue weighted by molar-refractivity contribution is 0.208. The van der Waals surface area contributed by atoms with Crippen LogP contribution in [0.25, 0.3) is 0 Å². The summed E-state index contributed by atoms with van der Waals surface area (Å²) in [5, 5.41) is 3.69. The summed E-state index contributed by atoms with van der Waals surface area (Å²) < 4.78 is 24.9. The summed E-state index contributed by atoms with van der Waals surface area (Å²) in [4.78, 5) is 0. The van der Waals surface area contributed by atoms with Crippen molar-refractivity contribution >= 4 is 10.0 Å². The van der Waals surface area contributed by atoms with Crippen molar-refractivity contribution in [1.82, 2.24) is 9.62 Å². The van der Waals surface area contributed by atoms with Gasteiger partial charge in [0.15, 0.2) is 0 Å². The van der Waals surface area contributed by atoms with E-state index in [0.29, 0.717) is 31.1 Å². The number of sulfonamides is 1. The van der Waals surface area contributed by atoms with Gasteiger partial charge in [0.1, 0.15) is 0 Å². The minimum atomic E-state index is -3.05. The SMILES string of the molecule is C[C@H](CCc1ccccc1)N[C@@H]1CCN(S(C)(=O)=O)C[C@H]1C. The van der Waals surface area contributed by atoms with E-state index in [4.69, 9.17) is 0 Å². The number of hydrogen-bond acceptors (Lipinski definition) is 3. The van der Waals surface area contributed by atoms with Gasteiger partial charge in [-0.25, -0.2) is 12.7 Å². The first-order valence-corrected chi connectivity index (χ1v) is 9.96. The van der Waals surface area contributed by atoms with E-state index in [-0.39, 0.29) is 0 Å². The molecule has 0 spiro atoms. The Kier molecular flexibility index (Phi) is 6.01. The largest absolute Gasteiger partial charge is 0.311 e. The van der Waals surface area contributed by atoms with Crippen molar-refractivity contribution in [3.63, 3.8) is 0 Å². The molecular weight excluding hydrogens is 296 g/mol. The van der Waals surface area contributed by atoms with Crippen molar-refractivity contribution in [3.8, 4) is 0 Å². The zero-order valence-corrected chi connectivity index (χ0v) is 14.6. The standard InChI is InChI=1S/C17H28N2O2S/c1-14-13-19(22(3,20)21)12-11-17(14)18-15(2)9-10-16-7-5-4-6-8-16/h4-8,14-15,17-18H,9-13H2,1-3H3/t14-,15-,17-/m1/s1. The van der Waals surface area contributed by atoms with Gasteiger partial charge in [0.05, 0.1) is 6.26 Å². The van der Waals surface area contributed by atoms with E-state index in [9.17, 15) is 8.42 Å². The molecule has 1 saturated heterocycles. The van der Waals surface area contributed by atoms with Gasteiger partial charge in [-0.05, 0) is 37.7 Å². The zero-order chi connectivity index (χ0) is 16.2. The molecule has 0 aromatic heterocycles. The normalized spacial score (nSPS) is 25.0. The topological polar surface area (TPSA) is 49.4 Å². The number of nitrogens with one attached hydrogen (secondary N) is 1. The van der Waals surface area contributed by atoms with Crippen molar-refractivity contribution in [2.75, 3.05) is 19.3 Å². The maximum atomic E-state index is 11.6. The number of piperidine rings is 1. The second-order valence-electron chi connectivity index (χ2n) is 6.59. The molecule has 0 aliphatic carbocycles. The highest BCUT2D eigenvalue weighted by molar-refractivity contribution is 7.88. The summed E-state index contributed by atoms with van der Waals surface area (Å²) in [7, 11) is -3.05. The first kappa shape index (κ1) is 17.4. The Morgan fingerprint density at radius 2 is 2.00 bits per heavy atom. The Balaban J connectivity index is 1.79. The first-order chi connectivity index (χ1) is 10.4. The van der Waals surface area contributed by atoms with E-state index < -0.39 is 10.0 Å². The molecule has 5 heteroatoms. The predicted octanol–water partition coefficient (Wildman–Crippen LogP) is 2.27. The molecule has 0 radical (unpaired) electrons. The van der Waals surface area contributed by atoms with Gasteiger partial charge in [0, 0.05) is 25.2 Å². The van der Waals surface area contributed by atoms with Crippen LogP contribution in [0.3, 0.4) is 0 Å². The van der Waals surface area contributed by atoms with Crippen LogP contribution in [0.2, 0.25) is 0 Å². The molecule has 0 unspecified atom stereocenters. The Hall–Kier alpha value is -0.910. The molecule has 1 aromatic carbocycles. The molecule has 3 atom stereocenters. The predicted molar refractivity (Wildman–Crippen MR) is 91.3 cm³/mol. The Morgan fingerprint density at radius 1 is 1.32 bits per heavy atom. The van der Waals surface area contributed by atoms with Gasteiger partial charge in [-0.1, -0.05) is 37.3 Å². The average molecular weight is 324 g/mol. The molecule has 1 N–H and O–H groups in total. The summed E-state index contributed by atoms with van der Waals surface area (Å²) in [5.41, 5.74) is 1.37. The summed E-state index contributed by atoms with van der Waals surface area (Å²) >= 11 is 0. The van der Waals surface area contributed by atoms with Gasteiger partial charge < -0.3 is 5.32 Å². The molecule has 1 heterocycles. The summed E-state index contributed by atoms with van der Waals surface area (Å²) in [6.07, 6.45) is 4.37. The van der Waals surface area contributed by atoms with Crippen molar-refractivity contribution in [1.29, 1.82) is 0 Å². The molecule has 2 rings (SSSR count). The van der Waals surface area contributed by atoms with Crippen LogP contribution in [0, 0.1) is 5.92 Å². The number of aryl methyl sites for hydroxylation is 1. The van der Waals surface area contributed by atoms with E-state index in [0.717, 1.165) is 19.3 Å². The average Bonchev–Trinajstić information content (AvgIpc) is 2.47. The molecule has 0 saturated carbocycles. The van der Waals surface area contributed by atoms with Crippen molar-refractivity contribution < 1.29 is 8.42 Å². The van der Waals surface area contributed by atoms with E-state index in [1.165, 1.54) is 11.8 Å². The molecule has 1 aliphatic rings. The van der Waals surface area contributed by atoms with Gasteiger partial charge >= 0.3 is 0 Å². The highest BCUT2D eigenvalue weighted by Crippen LogP contribution is 2.20. The molecule has 0 bridgehead atoms. The van der Waals surface area contributed by atoms with Crippen molar-refractivity contribution in [2.45, 2.75) is 45.2 Å². The van der Waals surface area contributed by atoms with E-state index in [1.807, 2.05) is 6.07 Å². The van der Waals surface area contributed by atoms with Crippen LogP contribution >= 0.6 is 0 Å². The molecule has 1 fully saturated rings. The van der Waals surface area contributed by atoms with Crippen LogP contribution < -0.4 is 5.32 Å². The number of hydrogen-bond donors (Lipinski definition) is 1. The van der Waals surface area contributed by atoms with Gasteiger partial charge in [-0.15, -0.1) is 0 Å². The van der Waals surface area contributed by atoms with E-state index in [1.54, 1.807) is 4.31 Å². The van der Waals surface area contributed by atoms with Gasteiger partial charge in [-0.3, -0.25) is 0 Å². The fraction of sp³-hybridized carbons (Fsp3) is 0.647. The van der Waals surface area contributed by atoms with Gasteiger partial charge in [-0.2, -0.15) is 0 Å². The molecule has 0 amide bonds. The first-order valence-electron chi connectivity index (χ1n) is 8.11. The zero-order valence-electron chi connectivity index (χ0n) is 13.8. The Labute approximate surface area is 135 Å². The third-order valence-corrected chi connectivity index (χ3v) is 5.81. The quantitative estimate of drug-likeness (QED) is 0.873. The fourth-order valence-electron chi connectivity index (χ4n) is 3.13. The maximum absolute atomic E-state index is 11.6. The summed E-state index contributed by atoms with van der Waals surface area (Å²) in [6.45, 7) is 5.62. The second kappa shape index (κ2) is 7.57. The maximum Gasteiger partial charge on any atom is 0.211 e. The van der Waals surface area contributed by atoms with Crippen LogP contribution in [-0.2, 0) is 16.4 Å². The minimum Gasteiger partial charge on any atom is -0.311 e. The van der Waals surface area contributed by atoms with Crippen molar-refractivity contribution in [3.05, 3.63) is 35.9 Å². The van der Waals surface area contributed by atoms with Crippen LogP contribution in [0.4, 0.5) is 0 Å². The third-order valence-electron chi connectivity index (χ3n) is 4.54. The molecule has 124 valence electrons. The Bertz CT molecular complexity index is 559. The molecular formula is C17H28N2O2S. The fourth-order valence-corrected chi connectivity index (χ4v) is 4.08. The molecule has 1 aliphatic heterocycles. The highest BCUT2D eigenvalue weighted by Gasteiger charge is 2.30. The van der Waals surface area contributed by atoms with Crippen LogP contribution in [-0.4, -0.2) is 44.2 Å². The van der Waals surface area contributed by atoms with E-state index >= 15 is 0 Å². The summed E-state index contributed by atoms with van der Waals surface area (Å²) in [5.74, 6) is 0.350. The minimum absolute atomic E-state index is 0.350. The number of rotatable bonds is 6. The lowest BCUT2D eigenvalue weighted by atomic mass is 9.94. The van der Waals surface area contributed by atoms with E-state index in [2.05, 4.69) is 43.4 Å². The molecule has 4 nitrogen and oxygen atoms in total. The lowest BCUT2D eigenvalue weighted by Gasteiger charge is -2.37. The Morgan fingerprint density at radius 3 is 2.59 bits per heavy atom. The second-order valence-corrected chi connectivity index (χ2v) is 8.57. The number of benzene rings is 1. The highest BCUT2D eigenvalue weighted by atomic mass is 32.2. The molecule has 1 aromatic rings. The third kappa shape index (κ3) is 5.07. The summed E-state index contributed by atoms with van der Waals surface area (Å²) in [6, 6.07) is 11.4. The van der Waals surface area contributed by atoms with Gasteiger partial charge in [0.25, 0.3) is 0 Å².